The van der Waals surface area contributed by atoms with Crippen LogP contribution in [0.3, 0.4) is 0 Å². The summed E-state index contributed by atoms with van der Waals surface area (Å²) in [6.45, 7) is 4.05. The third kappa shape index (κ3) is 3.37. The second-order valence-corrected chi connectivity index (χ2v) is 4.61. The standard InChI is InChI=1S/C13H19ClN2O2/c1-8(6-7-15)12-10(14)4-5-11(18-3)13(12)16-9(2)17/h4-5,8H,6-7,15H2,1-3H3,(H,16,17). The largest absolute Gasteiger partial charge is 0.495 e. The van der Waals surface area contributed by atoms with Crippen molar-refractivity contribution in [1.82, 2.24) is 0 Å². The molecule has 1 aromatic carbocycles. The minimum atomic E-state index is -0.156. The molecule has 3 N–H and O–H groups in total. The zero-order valence-electron chi connectivity index (χ0n) is 10.9. The SMILES string of the molecule is COc1ccc(Cl)c(C(C)CCN)c1NC(C)=O. The van der Waals surface area contributed by atoms with Crippen LogP contribution in [0.25, 0.3) is 0 Å². The predicted molar refractivity (Wildman–Crippen MR) is 74.4 cm³/mol. The van der Waals surface area contributed by atoms with Gasteiger partial charge in [-0.15, -0.1) is 0 Å². The van der Waals surface area contributed by atoms with Gasteiger partial charge in [-0.3, -0.25) is 4.79 Å². The molecule has 4 nitrogen and oxygen atoms in total. The van der Waals surface area contributed by atoms with Crippen LogP contribution in [0.5, 0.6) is 5.75 Å². The van der Waals surface area contributed by atoms with Crippen molar-refractivity contribution in [2.24, 2.45) is 5.73 Å². The number of amides is 1. The summed E-state index contributed by atoms with van der Waals surface area (Å²) in [4.78, 5) is 11.3. The molecule has 0 spiro atoms. The van der Waals surface area contributed by atoms with Gasteiger partial charge in [0.2, 0.25) is 5.91 Å². The van der Waals surface area contributed by atoms with Gasteiger partial charge in [0.05, 0.1) is 12.8 Å². The highest BCUT2D eigenvalue weighted by molar-refractivity contribution is 6.32. The van der Waals surface area contributed by atoms with E-state index < -0.39 is 0 Å². The molecule has 0 radical (unpaired) electrons. The molecule has 18 heavy (non-hydrogen) atoms. The molecule has 0 saturated carbocycles. The molecule has 1 atom stereocenters. The van der Waals surface area contributed by atoms with Crippen molar-refractivity contribution in [2.75, 3.05) is 19.0 Å². The molecule has 1 amide bonds. The summed E-state index contributed by atoms with van der Waals surface area (Å²) in [7, 11) is 1.56. The maximum atomic E-state index is 11.3. The number of carbonyl (C=O) groups excluding carboxylic acids is 1. The number of benzene rings is 1. The van der Waals surface area contributed by atoms with Gasteiger partial charge in [-0.25, -0.2) is 0 Å². The van der Waals surface area contributed by atoms with E-state index in [-0.39, 0.29) is 11.8 Å². The average molecular weight is 271 g/mol. The van der Waals surface area contributed by atoms with Crippen LogP contribution in [0.1, 0.15) is 31.7 Å². The third-order valence-corrected chi connectivity index (χ3v) is 3.10. The van der Waals surface area contributed by atoms with Gasteiger partial charge in [0.25, 0.3) is 0 Å². The van der Waals surface area contributed by atoms with Crippen molar-refractivity contribution < 1.29 is 9.53 Å². The van der Waals surface area contributed by atoms with Gasteiger partial charge in [0.15, 0.2) is 0 Å². The second-order valence-electron chi connectivity index (χ2n) is 4.20. The van der Waals surface area contributed by atoms with Crippen LogP contribution in [0.4, 0.5) is 5.69 Å². The first-order valence-electron chi connectivity index (χ1n) is 5.85. The predicted octanol–water partition coefficient (Wildman–Crippen LogP) is 2.76. The Morgan fingerprint density at radius 1 is 1.56 bits per heavy atom. The van der Waals surface area contributed by atoms with Crippen LogP contribution >= 0.6 is 11.6 Å². The number of methoxy groups -OCH3 is 1. The smallest absolute Gasteiger partial charge is 0.221 e. The zero-order valence-corrected chi connectivity index (χ0v) is 11.7. The van der Waals surface area contributed by atoms with Gasteiger partial charge in [-0.05, 0) is 31.0 Å². The van der Waals surface area contributed by atoms with Crippen LogP contribution in [-0.4, -0.2) is 19.6 Å². The van der Waals surface area contributed by atoms with Gasteiger partial charge < -0.3 is 15.8 Å². The lowest BCUT2D eigenvalue weighted by atomic mass is 9.95. The molecule has 1 aromatic rings. The highest BCUT2D eigenvalue weighted by Gasteiger charge is 2.19. The highest BCUT2D eigenvalue weighted by atomic mass is 35.5. The third-order valence-electron chi connectivity index (χ3n) is 2.77. The summed E-state index contributed by atoms with van der Waals surface area (Å²) in [5, 5.41) is 3.40. The molecule has 1 unspecified atom stereocenters. The molecule has 0 bridgehead atoms. The quantitative estimate of drug-likeness (QED) is 0.865. The van der Waals surface area contributed by atoms with E-state index in [0.29, 0.717) is 23.0 Å². The topological polar surface area (TPSA) is 64.3 Å². The van der Waals surface area contributed by atoms with Crippen molar-refractivity contribution in [2.45, 2.75) is 26.2 Å². The first-order valence-corrected chi connectivity index (χ1v) is 6.23. The molecule has 100 valence electrons. The fourth-order valence-corrected chi connectivity index (χ4v) is 2.27. The Hall–Kier alpha value is -1.26. The normalized spacial score (nSPS) is 12.1. The van der Waals surface area contributed by atoms with E-state index in [0.717, 1.165) is 12.0 Å². The van der Waals surface area contributed by atoms with Crippen LogP contribution in [-0.2, 0) is 4.79 Å². The number of rotatable bonds is 5. The summed E-state index contributed by atoms with van der Waals surface area (Å²) in [6, 6.07) is 3.51. The summed E-state index contributed by atoms with van der Waals surface area (Å²) >= 11 is 6.22. The summed E-state index contributed by atoms with van der Waals surface area (Å²) in [6.07, 6.45) is 0.791. The van der Waals surface area contributed by atoms with E-state index in [9.17, 15) is 4.79 Å². The maximum Gasteiger partial charge on any atom is 0.221 e. The molecule has 1 rings (SSSR count). The number of hydrogen-bond donors (Lipinski definition) is 2. The first-order chi connectivity index (χ1) is 8.51. The Balaban J connectivity index is 3.30. The molecule has 0 aliphatic heterocycles. The Morgan fingerprint density at radius 3 is 2.72 bits per heavy atom. The maximum absolute atomic E-state index is 11.3. The Bertz CT molecular complexity index is 435. The molecule has 0 aliphatic rings. The number of nitrogens with two attached hydrogens (primary N) is 1. The van der Waals surface area contributed by atoms with Gasteiger partial charge >= 0.3 is 0 Å². The van der Waals surface area contributed by atoms with E-state index in [1.165, 1.54) is 6.92 Å². The van der Waals surface area contributed by atoms with Crippen molar-refractivity contribution in [1.29, 1.82) is 0 Å². The summed E-state index contributed by atoms with van der Waals surface area (Å²) in [5.41, 5.74) is 7.09. The van der Waals surface area contributed by atoms with E-state index >= 15 is 0 Å². The molecule has 0 fully saturated rings. The van der Waals surface area contributed by atoms with Gasteiger partial charge in [0, 0.05) is 17.5 Å². The average Bonchev–Trinajstić information content (AvgIpc) is 2.29. The number of ether oxygens (including phenoxy) is 1. The lowest BCUT2D eigenvalue weighted by Crippen LogP contribution is -2.13. The lowest BCUT2D eigenvalue weighted by Gasteiger charge is -2.20. The first kappa shape index (κ1) is 14.8. The van der Waals surface area contributed by atoms with Crippen molar-refractivity contribution >= 4 is 23.2 Å². The fraction of sp³-hybridized carbons (Fsp3) is 0.462. The molecule has 0 saturated heterocycles. The minimum Gasteiger partial charge on any atom is -0.495 e. The van der Waals surface area contributed by atoms with Gasteiger partial charge in [-0.1, -0.05) is 18.5 Å². The van der Waals surface area contributed by atoms with E-state index in [1.807, 2.05) is 6.92 Å². The Kier molecular flexibility index (Phi) is 5.44. The Morgan fingerprint density at radius 2 is 2.22 bits per heavy atom. The van der Waals surface area contributed by atoms with Crippen LogP contribution in [0.2, 0.25) is 5.02 Å². The number of hydrogen-bond acceptors (Lipinski definition) is 3. The van der Waals surface area contributed by atoms with Crippen molar-refractivity contribution in [3.8, 4) is 5.75 Å². The van der Waals surface area contributed by atoms with Crippen molar-refractivity contribution in [3.63, 3.8) is 0 Å². The van der Waals surface area contributed by atoms with Gasteiger partial charge in [-0.2, -0.15) is 0 Å². The second kappa shape index (κ2) is 6.61. The number of carbonyl (C=O) groups is 1. The highest BCUT2D eigenvalue weighted by Crippen LogP contribution is 2.39. The summed E-state index contributed by atoms with van der Waals surface area (Å²) in [5.74, 6) is 0.602. The zero-order chi connectivity index (χ0) is 13.7. The van der Waals surface area contributed by atoms with Gasteiger partial charge in [0.1, 0.15) is 5.75 Å². The van der Waals surface area contributed by atoms with E-state index in [1.54, 1.807) is 19.2 Å². The Labute approximate surface area is 112 Å². The van der Waals surface area contributed by atoms with Crippen molar-refractivity contribution in [3.05, 3.63) is 22.7 Å². The minimum absolute atomic E-state index is 0.152. The van der Waals surface area contributed by atoms with Crippen LogP contribution in [0, 0.1) is 0 Å². The molecule has 5 heteroatoms. The van der Waals surface area contributed by atoms with Crippen LogP contribution in [0.15, 0.2) is 12.1 Å². The molecule has 0 aliphatic carbocycles. The molecule has 0 aromatic heterocycles. The summed E-state index contributed by atoms with van der Waals surface area (Å²) < 4.78 is 5.27. The lowest BCUT2D eigenvalue weighted by molar-refractivity contribution is -0.114. The fourth-order valence-electron chi connectivity index (χ4n) is 1.93. The number of nitrogens with one attached hydrogen (secondary N) is 1. The monoisotopic (exact) mass is 270 g/mol. The van der Waals surface area contributed by atoms with E-state index in [4.69, 9.17) is 22.1 Å². The van der Waals surface area contributed by atoms with E-state index in [2.05, 4.69) is 5.32 Å². The number of halogens is 1. The number of anilines is 1. The van der Waals surface area contributed by atoms with Crippen LogP contribution < -0.4 is 15.8 Å². The molecule has 0 heterocycles. The molecular formula is C13H19ClN2O2. The molecular weight excluding hydrogens is 252 g/mol.